The fraction of sp³-hybridized carbons (Fsp3) is 0.308. The van der Waals surface area contributed by atoms with Gasteiger partial charge in [0.25, 0.3) is 0 Å². The number of carbonyl (C=O) groups is 1. The molecule has 0 radical (unpaired) electrons. The van der Waals surface area contributed by atoms with Gasteiger partial charge in [0.15, 0.2) is 17.3 Å². The zero-order valence-corrected chi connectivity index (χ0v) is 9.90. The molecule has 0 fully saturated rings. The Hall–Kier alpha value is -1.97. The molecule has 1 atom stereocenters. The third kappa shape index (κ3) is 2.41. The minimum atomic E-state index is 0.00676. The molecule has 1 aliphatic rings. The van der Waals surface area contributed by atoms with Crippen LogP contribution in [0.5, 0.6) is 11.5 Å². The lowest BCUT2D eigenvalue weighted by Gasteiger charge is -2.20. The normalized spacial score (nSPS) is 18.7. The van der Waals surface area contributed by atoms with Crippen molar-refractivity contribution in [3.8, 4) is 11.5 Å². The molecule has 0 aromatic heterocycles. The first kappa shape index (κ1) is 11.5. The third-order valence-corrected chi connectivity index (χ3v) is 2.78. The molecule has 0 unspecified atom stereocenters. The summed E-state index contributed by atoms with van der Waals surface area (Å²) in [7, 11) is 3.20. The molecule has 2 rings (SSSR count). The zero-order chi connectivity index (χ0) is 12.3. The number of benzene rings is 1. The SMILES string of the molecule is COc1ccc([C@H]2CC(=O)C=CN2)cc1OC. The average Bonchev–Trinajstić information content (AvgIpc) is 2.38. The fourth-order valence-electron chi connectivity index (χ4n) is 1.87. The van der Waals surface area contributed by atoms with Crippen LogP contribution in [-0.4, -0.2) is 20.0 Å². The molecule has 4 heteroatoms. The number of ketones is 1. The number of methoxy groups -OCH3 is 2. The van der Waals surface area contributed by atoms with E-state index in [1.54, 1.807) is 26.5 Å². The minimum absolute atomic E-state index is 0.00676. The van der Waals surface area contributed by atoms with Crippen LogP contribution in [0.15, 0.2) is 30.5 Å². The molecular weight excluding hydrogens is 218 g/mol. The molecular formula is C13H15NO3. The van der Waals surface area contributed by atoms with Gasteiger partial charge >= 0.3 is 0 Å². The minimum Gasteiger partial charge on any atom is -0.493 e. The molecule has 1 aromatic carbocycles. The Labute approximate surface area is 100 Å². The van der Waals surface area contributed by atoms with Crippen molar-refractivity contribution in [2.45, 2.75) is 12.5 Å². The van der Waals surface area contributed by atoms with Gasteiger partial charge < -0.3 is 14.8 Å². The predicted octanol–water partition coefficient (Wildman–Crippen LogP) is 1.82. The number of ether oxygens (including phenoxy) is 2. The number of allylic oxidation sites excluding steroid dienone is 1. The number of hydrogen-bond donors (Lipinski definition) is 1. The largest absolute Gasteiger partial charge is 0.493 e. The van der Waals surface area contributed by atoms with Gasteiger partial charge in [-0.3, -0.25) is 4.79 Å². The summed E-state index contributed by atoms with van der Waals surface area (Å²) in [5, 5.41) is 3.16. The van der Waals surface area contributed by atoms with Crippen LogP contribution >= 0.6 is 0 Å². The summed E-state index contributed by atoms with van der Waals surface area (Å²) in [5.41, 5.74) is 1.01. The molecule has 17 heavy (non-hydrogen) atoms. The second kappa shape index (κ2) is 4.91. The molecule has 0 aliphatic carbocycles. The molecule has 0 bridgehead atoms. The zero-order valence-electron chi connectivity index (χ0n) is 9.90. The van der Waals surface area contributed by atoms with Gasteiger partial charge in [0.1, 0.15) is 0 Å². The van der Waals surface area contributed by atoms with E-state index in [2.05, 4.69) is 5.32 Å². The van der Waals surface area contributed by atoms with E-state index in [9.17, 15) is 4.79 Å². The van der Waals surface area contributed by atoms with Gasteiger partial charge in [-0.15, -0.1) is 0 Å². The highest BCUT2D eigenvalue weighted by Gasteiger charge is 2.18. The summed E-state index contributed by atoms with van der Waals surface area (Å²) >= 11 is 0. The first-order valence-electron chi connectivity index (χ1n) is 5.42. The van der Waals surface area contributed by atoms with Gasteiger partial charge in [-0.2, -0.15) is 0 Å². The van der Waals surface area contributed by atoms with E-state index in [1.165, 1.54) is 0 Å². The van der Waals surface area contributed by atoms with Crippen LogP contribution < -0.4 is 14.8 Å². The van der Waals surface area contributed by atoms with E-state index < -0.39 is 0 Å². The second-order valence-corrected chi connectivity index (χ2v) is 3.84. The molecule has 0 amide bonds. The van der Waals surface area contributed by atoms with E-state index in [-0.39, 0.29) is 11.8 Å². The van der Waals surface area contributed by atoms with Crippen molar-refractivity contribution in [2.24, 2.45) is 0 Å². The summed E-state index contributed by atoms with van der Waals surface area (Å²) in [6, 6.07) is 5.68. The first-order valence-corrected chi connectivity index (χ1v) is 5.42. The molecule has 0 spiro atoms. The Bertz CT molecular complexity index is 454. The third-order valence-electron chi connectivity index (χ3n) is 2.78. The number of carbonyl (C=O) groups excluding carboxylic acids is 1. The predicted molar refractivity (Wildman–Crippen MR) is 64.2 cm³/mol. The molecule has 0 saturated heterocycles. The van der Waals surface area contributed by atoms with Gasteiger partial charge in [-0.05, 0) is 23.8 Å². The second-order valence-electron chi connectivity index (χ2n) is 3.84. The molecule has 90 valence electrons. The Morgan fingerprint density at radius 2 is 2.00 bits per heavy atom. The first-order chi connectivity index (χ1) is 8.24. The van der Waals surface area contributed by atoms with Crippen LogP contribution in [0, 0.1) is 0 Å². The topological polar surface area (TPSA) is 47.6 Å². The maximum absolute atomic E-state index is 11.3. The lowest BCUT2D eigenvalue weighted by molar-refractivity contribution is -0.115. The lowest BCUT2D eigenvalue weighted by Crippen LogP contribution is -2.22. The standard InChI is InChI=1S/C13H15NO3/c1-16-12-4-3-9(7-13(12)17-2)11-8-10(15)5-6-14-11/h3-7,11,14H,8H2,1-2H3/t11-/m1/s1. The summed E-state index contributed by atoms with van der Waals surface area (Å²) < 4.78 is 10.4. The Kier molecular flexibility index (Phi) is 3.32. The van der Waals surface area contributed by atoms with Gasteiger partial charge in [0, 0.05) is 12.6 Å². The smallest absolute Gasteiger partial charge is 0.161 e. The van der Waals surface area contributed by atoms with Gasteiger partial charge in [-0.25, -0.2) is 0 Å². The molecule has 1 aliphatic heterocycles. The van der Waals surface area contributed by atoms with Crippen molar-refractivity contribution >= 4 is 5.78 Å². The number of hydrogen-bond acceptors (Lipinski definition) is 4. The van der Waals surface area contributed by atoms with Crippen LogP contribution in [-0.2, 0) is 4.79 Å². The molecule has 4 nitrogen and oxygen atoms in total. The van der Waals surface area contributed by atoms with E-state index in [0.29, 0.717) is 17.9 Å². The van der Waals surface area contributed by atoms with Crippen molar-refractivity contribution in [1.29, 1.82) is 0 Å². The van der Waals surface area contributed by atoms with Crippen molar-refractivity contribution < 1.29 is 14.3 Å². The highest BCUT2D eigenvalue weighted by atomic mass is 16.5. The van der Waals surface area contributed by atoms with E-state index in [1.807, 2.05) is 18.2 Å². The van der Waals surface area contributed by atoms with Gasteiger partial charge in [0.05, 0.1) is 20.3 Å². The van der Waals surface area contributed by atoms with Crippen molar-refractivity contribution in [2.75, 3.05) is 14.2 Å². The average molecular weight is 233 g/mol. The highest BCUT2D eigenvalue weighted by molar-refractivity contribution is 5.90. The molecule has 1 heterocycles. The molecule has 0 saturated carbocycles. The van der Waals surface area contributed by atoms with Crippen LogP contribution in [0.3, 0.4) is 0 Å². The molecule has 1 N–H and O–H groups in total. The van der Waals surface area contributed by atoms with Crippen molar-refractivity contribution in [1.82, 2.24) is 5.32 Å². The monoisotopic (exact) mass is 233 g/mol. The number of rotatable bonds is 3. The highest BCUT2D eigenvalue weighted by Crippen LogP contribution is 2.31. The van der Waals surface area contributed by atoms with E-state index in [0.717, 1.165) is 5.56 Å². The Balaban J connectivity index is 2.27. The van der Waals surface area contributed by atoms with E-state index >= 15 is 0 Å². The van der Waals surface area contributed by atoms with Gasteiger partial charge in [-0.1, -0.05) is 6.07 Å². The summed E-state index contributed by atoms with van der Waals surface area (Å²) in [5.74, 6) is 1.49. The van der Waals surface area contributed by atoms with E-state index in [4.69, 9.17) is 9.47 Å². The Morgan fingerprint density at radius 1 is 1.24 bits per heavy atom. The summed E-state index contributed by atoms with van der Waals surface area (Å²) in [6.45, 7) is 0. The maximum Gasteiger partial charge on any atom is 0.161 e. The van der Waals surface area contributed by atoms with Crippen molar-refractivity contribution in [3.63, 3.8) is 0 Å². The van der Waals surface area contributed by atoms with Crippen LogP contribution in [0.25, 0.3) is 0 Å². The van der Waals surface area contributed by atoms with Crippen LogP contribution in [0.4, 0.5) is 0 Å². The van der Waals surface area contributed by atoms with Crippen LogP contribution in [0.2, 0.25) is 0 Å². The lowest BCUT2D eigenvalue weighted by atomic mass is 9.99. The maximum atomic E-state index is 11.3. The van der Waals surface area contributed by atoms with Gasteiger partial charge in [0.2, 0.25) is 0 Å². The number of nitrogens with one attached hydrogen (secondary N) is 1. The van der Waals surface area contributed by atoms with Crippen LogP contribution in [0.1, 0.15) is 18.0 Å². The summed E-state index contributed by atoms with van der Waals surface area (Å²) in [6.07, 6.45) is 3.70. The fourth-order valence-corrected chi connectivity index (χ4v) is 1.87. The summed E-state index contributed by atoms with van der Waals surface area (Å²) in [4.78, 5) is 11.3. The Morgan fingerprint density at radius 3 is 2.65 bits per heavy atom. The quantitative estimate of drug-likeness (QED) is 0.865. The van der Waals surface area contributed by atoms with Crippen molar-refractivity contribution in [3.05, 3.63) is 36.0 Å². The molecule has 1 aromatic rings.